The predicted octanol–water partition coefficient (Wildman–Crippen LogP) is 1.55. The Bertz CT molecular complexity index is 273. The summed E-state index contributed by atoms with van der Waals surface area (Å²) in [4.78, 5) is 13.8. The summed E-state index contributed by atoms with van der Waals surface area (Å²) < 4.78 is 12.6. The number of carbonyl (C=O) groups is 1. The summed E-state index contributed by atoms with van der Waals surface area (Å²) in [6.07, 6.45) is -1.98. The van der Waals surface area contributed by atoms with Crippen LogP contribution in [0.25, 0.3) is 0 Å². The Labute approximate surface area is 66.5 Å². The summed E-state index contributed by atoms with van der Waals surface area (Å²) in [5.41, 5.74) is 0.647. The van der Waals surface area contributed by atoms with Crippen molar-refractivity contribution in [2.45, 2.75) is 13.1 Å². The van der Waals surface area contributed by atoms with E-state index < -0.39 is 12.1 Å². The molecule has 1 heterocycles. The maximum atomic E-state index is 12.6. The molecule has 0 amide bonds. The fraction of sp³-hybridized carbons (Fsp3) is 0.333. The lowest BCUT2D eigenvalue weighted by Crippen LogP contribution is -2.05. The molecular weight excluding hydrogens is 169 g/mol. The van der Waals surface area contributed by atoms with Crippen molar-refractivity contribution in [2.75, 3.05) is 0 Å². The third-order valence-electron chi connectivity index (χ3n) is 1.07. The van der Waals surface area contributed by atoms with E-state index in [1.807, 2.05) is 0 Å². The molecule has 1 atom stereocenters. The quantitative estimate of drug-likeness (QED) is 0.741. The summed E-state index contributed by atoms with van der Waals surface area (Å²) in [6, 6.07) is 0. The van der Waals surface area contributed by atoms with Gasteiger partial charge in [0.15, 0.2) is 0 Å². The number of carboxylic acid groups (broad SMARTS) is 1. The first kappa shape index (κ1) is 8.13. The average molecular weight is 175 g/mol. The molecule has 0 aliphatic rings. The van der Waals surface area contributed by atoms with Crippen LogP contribution in [0.1, 0.15) is 16.9 Å². The van der Waals surface area contributed by atoms with Gasteiger partial charge in [-0.25, -0.2) is 14.2 Å². The zero-order valence-corrected chi connectivity index (χ0v) is 6.56. The van der Waals surface area contributed by atoms with E-state index in [4.69, 9.17) is 5.11 Å². The molecule has 5 heteroatoms. The average Bonchev–Trinajstić information content (AvgIpc) is 2.34. The Hall–Kier alpha value is -0.970. The van der Waals surface area contributed by atoms with Gasteiger partial charge in [0.05, 0.1) is 0 Å². The fourth-order valence-electron chi connectivity index (χ4n) is 0.594. The first-order valence-electron chi connectivity index (χ1n) is 2.90. The van der Waals surface area contributed by atoms with Crippen LogP contribution in [0.5, 0.6) is 0 Å². The van der Waals surface area contributed by atoms with Gasteiger partial charge in [0.25, 0.3) is 0 Å². The lowest BCUT2D eigenvalue weighted by atomic mass is 10.4. The highest BCUT2D eigenvalue weighted by molar-refractivity contribution is 7.09. The number of aliphatic carboxylic acids is 1. The minimum Gasteiger partial charge on any atom is -0.479 e. The molecule has 60 valence electrons. The molecule has 0 aliphatic carbocycles. The summed E-state index contributed by atoms with van der Waals surface area (Å²) >= 11 is 1.02. The Balaban J connectivity index is 2.84. The Morgan fingerprint density at radius 1 is 1.91 bits per heavy atom. The van der Waals surface area contributed by atoms with Gasteiger partial charge in [-0.05, 0) is 6.92 Å². The number of hydrogen-bond acceptors (Lipinski definition) is 3. The van der Waals surface area contributed by atoms with Gasteiger partial charge >= 0.3 is 5.97 Å². The van der Waals surface area contributed by atoms with Gasteiger partial charge in [-0.15, -0.1) is 11.3 Å². The molecule has 1 aromatic heterocycles. The van der Waals surface area contributed by atoms with Gasteiger partial charge in [-0.3, -0.25) is 0 Å². The Morgan fingerprint density at radius 2 is 2.55 bits per heavy atom. The third kappa shape index (κ3) is 1.74. The second-order valence-corrected chi connectivity index (χ2v) is 2.92. The van der Waals surface area contributed by atoms with Gasteiger partial charge < -0.3 is 5.11 Å². The molecule has 3 nitrogen and oxygen atoms in total. The standard InChI is InChI=1S/C6H6FNO2S/c1-3-2-11-5(8-3)4(7)6(9)10/h2,4H,1H3,(H,9,10). The monoisotopic (exact) mass is 175 g/mol. The van der Waals surface area contributed by atoms with E-state index in [2.05, 4.69) is 4.98 Å². The summed E-state index contributed by atoms with van der Waals surface area (Å²) in [7, 11) is 0. The highest BCUT2D eigenvalue weighted by Crippen LogP contribution is 2.21. The van der Waals surface area contributed by atoms with Crippen molar-refractivity contribution in [3.63, 3.8) is 0 Å². The smallest absolute Gasteiger partial charge is 0.345 e. The number of nitrogens with zero attached hydrogens (tertiary/aromatic N) is 1. The highest BCUT2D eigenvalue weighted by Gasteiger charge is 2.21. The van der Waals surface area contributed by atoms with Crippen molar-refractivity contribution in [1.82, 2.24) is 4.98 Å². The number of halogens is 1. The van der Waals surface area contributed by atoms with Crippen LogP contribution in [0.3, 0.4) is 0 Å². The molecular formula is C6H6FNO2S. The third-order valence-corrected chi connectivity index (χ3v) is 2.07. The van der Waals surface area contributed by atoms with Crippen molar-refractivity contribution < 1.29 is 14.3 Å². The molecule has 0 saturated carbocycles. The van der Waals surface area contributed by atoms with Crippen LogP contribution in [0.15, 0.2) is 5.38 Å². The van der Waals surface area contributed by atoms with Crippen LogP contribution >= 0.6 is 11.3 Å². The molecule has 0 aromatic carbocycles. The predicted molar refractivity (Wildman–Crippen MR) is 38.3 cm³/mol. The summed E-state index contributed by atoms with van der Waals surface area (Å²) in [5.74, 6) is -1.49. The number of alkyl halides is 1. The van der Waals surface area contributed by atoms with E-state index in [0.717, 1.165) is 11.3 Å². The molecule has 0 fully saturated rings. The maximum absolute atomic E-state index is 12.6. The first-order valence-corrected chi connectivity index (χ1v) is 3.78. The normalized spacial score (nSPS) is 12.9. The van der Waals surface area contributed by atoms with Gasteiger partial charge in [-0.1, -0.05) is 0 Å². The molecule has 0 spiro atoms. The first-order chi connectivity index (χ1) is 5.11. The van der Waals surface area contributed by atoms with E-state index in [1.165, 1.54) is 0 Å². The van der Waals surface area contributed by atoms with Crippen LogP contribution in [-0.2, 0) is 4.79 Å². The molecule has 0 aliphatic heterocycles. The van der Waals surface area contributed by atoms with Crippen molar-refractivity contribution in [3.8, 4) is 0 Å². The zero-order chi connectivity index (χ0) is 8.43. The largest absolute Gasteiger partial charge is 0.479 e. The van der Waals surface area contributed by atoms with Crippen molar-refractivity contribution in [1.29, 1.82) is 0 Å². The number of carboxylic acids is 1. The lowest BCUT2D eigenvalue weighted by Gasteiger charge is -1.94. The Morgan fingerprint density at radius 3 is 2.91 bits per heavy atom. The minimum absolute atomic E-state index is 0.00926. The number of aryl methyl sites for hydroxylation is 1. The Kier molecular flexibility index (Phi) is 2.19. The number of rotatable bonds is 2. The number of aromatic nitrogens is 1. The zero-order valence-electron chi connectivity index (χ0n) is 5.74. The van der Waals surface area contributed by atoms with Crippen molar-refractivity contribution in [2.24, 2.45) is 0 Å². The van der Waals surface area contributed by atoms with E-state index in [0.29, 0.717) is 5.69 Å². The second kappa shape index (κ2) is 2.96. The van der Waals surface area contributed by atoms with Crippen LogP contribution in [0.4, 0.5) is 4.39 Å². The molecule has 0 radical (unpaired) electrons. The van der Waals surface area contributed by atoms with E-state index in [1.54, 1.807) is 12.3 Å². The van der Waals surface area contributed by atoms with Gasteiger partial charge in [0.2, 0.25) is 6.17 Å². The van der Waals surface area contributed by atoms with E-state index >= 15 is 0 Å². The fourth-order valence-corrected chi connectivity index (χ4v) is 1.36. The molecule has 11 heavy (non-hydrogen) atoms. The van der Waals surface area contributed by atoms with Gasteiger partial charge in [0, 0.05) is 11.1 Å². The SMILES string of the molecule is Cc1csc(C(F)C(=O)O)n1. The van der Waals surface area contributed by atoms with Crippen molar-refractivity contribution in [3.05, 3.63) is 16.1 Å². The molecule has 0 bridgehead atoms. The molecule has 1 unspecified atom stereocenters. The topological polar surface area (TPSA) is 50.2 Å². The van der Waals surface area contributed by atoms with Crippen LogP contribution < -0.4 is 0 Å². The highest BCUT2D eigenvalue weighted by atomic mass is 32.1. The maximum Gasteiger partial charge on any atom is 0.345 e. The minimum atomic E-state index is -1.98. The lowest BCUT2D eigenvalue weighted by molar-refractivity contribution is -0.143. The van der Waals surface area contributed by atoms with Gasteiger partial charge in [-0.2, -0.15) is 0 Å². The van der Waals surface area contributed by atoms with Crippen molar-refractivity contribution >= 4 is 17.3 Å². The summed E-state index contributed by atoms with van der Waals surface area (Å²) in [5, 5.41) is 9.86. The molecule has 1 rings (SSSR count). The van der Waals surface area contributed by atoms with E-state index in [9.17, 15) is 9.18 Å². The molecule has 1 aromatic rings. The van der Waals surface area contributed by atoms with Crippen LogP contribution in [0, 0.1) is 6.92 Å². The summed E-state index contributed by atoms with van der Waals surface area (Å²) in [6.45, 7) is 1.69. The second-order valence-electron chi connectivity index (χ2n) is 2.03. The van der Waals surface area contributed by atoms with Gasteiger partial charge in [0.1, 0.15) is 5.01 Å². The number of thiazole rings is 1. The van der Waals surface area contributed by atoms with Crippen LogP contribution in [0.2, 0.25) is 0 Å². The van der Waals surface area contributed by atoms with E-state index in [-0.39, 0.29) is 5.01 Å². The molecule has 0 saturated heterocycles. The van der Waals surface area contributed by atoms with Crippen LogP contribution in [-0.4, -0.2) is 16.1 Å². The number of hydrogen-bond donors (Lipinski definition) is 1. The molecule has 1 N–H and O–H groups in total.